The van der Waals surface area contributed by atoms with Crippen molar-refractivity contribution >= 4 is 17.7 Å². The van der Waals surface area contributed by atoms with E-state index in [0.717, 1.165) is 0 Å². The minimum Gasteiger partial charge on any atom is -0.459 e. The number of methoxy groups -OCH3 is 1. The van der Waals surface area contributed by atoms with E-state index < -0.39 is 114 Å². The van der Waals surface area contributed by atoms with E-state index in [1.165, 1.54) is 41.7 Å². The quantitative estimate of drug-likeness (QED) is 0.107. The van der Waals surface area contributed by atoms with Crippen molar-refractivity contribution in [3.8, 4) is 0 Å². The first-order valence-corrected chi connectivity index (χ1v) is 19.9. The zero-order valence-electron chi connectivity index (χ0n) is 35.9. The van der Waals surface area contributed by atoms with Gasteiger partial charge in [-0.25, -0.2) is 0 Å². The van der Waals surface area contributed by atoms with Crippen LogP contribution in [0.5, 0.6) is 0 Å². The van der Waals surface area contributed by atoms with Crippen molar-refractivity contribution in [3.05, 3.63) is 10.4 Å². The molecule has 3 aliphatic rings. The van der Waals surface area contributed by atoms with E-state index in [1.54, 1.807) is 27.7 Å². The van der Waals surface area contributed by atoms with Crippen LogP contribution >= 0.6 is 0 Å². The Morgan fingerprint density at radius 3 is 2.16 bits per heavy atom. The molecule has 0 aromatic rings. The number of hydrogen-bond acceptors (Lipinski definition) is 16. The van der Waals surface area contributed by atoms with Crippen LogP contribution in [0.1, 0.15) is 94.9 Å². The smallest absolute Gasteiger partial charge is 0.311 e. The number of hydrogen-bond donors (Lipinski definition) is 4. The number of ether oxygens (including phenoxy) is 7. The molecule has 3 saturated heterocycles. The Hall–Kier alpha value is -2.48. The van der Waals surface area contributed by atoms with Gasteiger partial charge in [0, 0.05) is 49.7 Å². The molecule has 4 N–H and O–H groups in total. The molecule has 3 heterocycles. The second-order valence-corrected chi connectivity index (χ2v) is 17.4. The Morgan fingerprint density at radius 2 is 1.60 bits per heavy atom. The number of esters is 2. The van der Waals surface area contributed by atoms with E-state index in [4.69, 9.17) is 38.7 Å². The number of Topliss-reactive ketones (excluding diaryl/α,β-unsaturated/α-hetero) is 1. The number of aliphatic hydroxyl groups is 4. The molecule has 18 atom stereocenters. The van der Waals surface area contributed by atoms with Crippen molar-refractivity contribution in [2.45, 2.75) is 179 Å². The maximum absolute atomic E-state index is 14.3. The molecule has 0 aromatic carbocycles. The largest absolute Gasteiger partial charge is 0.459 e. The fraction of sp³-hybridized carbons (Fsp3) is 0.923. The second-order valence-electron chi connectivity index (χ2n) is 17.4. The highest BCUT2D eigenvalue weighted by Gasteiger charge is 2.54. The SMILES string of the molecule is CO[C@]1(C)C[C@H](O[C@H]2[C@H](C)[C@@H](O[C@@H]3O[C@H](C)C[C@H](N(C)C)[C@H]3OC(C)=O)[C@](C)(O)C[C@@H](C)C(=O)[C@H](C)[C@@H](O)[C@](C)(O)[C@@H](CCN=[N+]=[N-])OC(=O)[C@@H]2C)O[C@@H](C)[C@@H]1O. The maximum Gasteiger partial charge on any atom is 0.311 e. The first-order valence-electron chi connectivity index (χ1n) is 19.9. The van der Waals surface area contributed by atoms with Gasteiger partial charge < -0.3 is 58.5 Å². The van der Waals surface area contributed by atoms with Crippen LogP contribution in [0.3, 0.4) is 0 Å². The van der Waals surface area contributed by atoms with Crippen LogP contribution in [0, 0.1) is 23.7 Å². The van der Waals surface area contributed by atoms with Crippen LogP contribution in [0.2, 0.25) is 0 Å². The predicted molar refractivity (Wildman–Crippen MR) is 204 cm³/mol. The summed E-state index contributed by atoms with van der Waals surface area (Å²) >= 11 is 0. The van der Waals surface area contributed by atoms with E-state index in [0.29, 0.717) is 6.42 Å². The lowest BCUT2D eigenvalue weighted by Crippen LogP contribution is -2.61. The van der Waals surface area contributed by atoms with Gasteiger partial charge in [-0.3, -0.25) is 14.4 Å². The molecule has 0 amide bonds. The molecule has 3 rings (SSSR count). The Bertz CT molecular complexity index is 1430. The summed E-state index contributed by atoms with van der Waals surface area (Å²) in [6.45, 7) is 15.3. The van der Waals surface area contributed by atoms with Crippen molar-refractivity contribution < 1.29 is 68.0 Å². The molecule has 18 heteroatoms. The minimum atomic E-state index is -2.20. The van der Waals surface area contributed by atoms with Crippen LogP contribution in [-0.2, 0) is 47.5 Å². The monoisotopic (exact) mass is 816 g/mol. The van der Waals surface area contributed by atoms with E-state index in [1.807, 2.05) is 25.9 Å². The average molecular weight is 817 g/mol. The first kappa shape index (κ1) is 48.9. The van der Waals surface area contributed by atoms with Gasteiger partial charge in [0.1, 0.15) is 23.6 Å². The summed E-state index contributed by atoms with van der Waals surface area (Å²) in [6.07, 6.45) is -11.0. The Balaban J connectivity index is 2.26. The van der Waals surface area contributed by atoms with Crippen molar-refractivity contribution in [1.82, 2.24) is 4.90 Å². The normalized spacial score (nSPS) is 45.4. The van der Waals surface area contributed by atoms with E-state index in [9.17, 15) is 34.8 Å². The van der Waals surface area contributed by atoms with Gasteiger partial charge in [-0.2, -0.15) is 0 Å². The van der Waals surface area contributed by atoms with Gasteiger partial charge in [0.2, 0.25) is 0 Å². The van der Waals surface area contributed by atoms with Gasteiger partial charge in [-0.05, 0) is 80.4 Å². The summed E-state index contributed by atoms with van der Waals surface area (Å²) < 4.78 is 43.3. The molecule has 0 aromatic heterocycles. The minimum absolute atomic E-state index is 0.0311. The van der Waals surface area contributed by atoms with E-state index >= 15 is 0 Å². The van der Waals surface area contributed by atoms with E-state index in [-0.39, 0.29) is 38.0 Å². The highest BCUT2D eigenvalue weighted by molar-refractivity contribution is 5.83. The molecular formula is C39H68N4O14. The van der Waals surface area contributed by atoms with Gasteiger partial charge in [0.05, 0.1) is 53.7 Å². The molecule has 328 valence electrons. The molecule has 0 bridgehead atoms. The number of likely N-dealkylation sites (N-methyl/N-ethyl adjacent to an activating group) is 1. The highest BCUT2D eigenvalue weighted by Crippen LogP contribution is 2.41. The molecule has 3 fully saturated rings. The number of carbonyl (C=O) groups is 3. The lowest BCUT2D eigenvalue weighted by Gasteiger charge is -2.49. The van der Waals surface area contributed by atoms with Gasteiger partial charge >= 0.3 is 11.9 Å². The molecule has 0 aliphatic carbocycles. The lowest BCUT2D eigenvalue weighted by molar-refractivity contribution is -0.318. The van der Waals surface area contributed by atoms with Crippen LogP contribution in [-0.4, -0.2) is 155 Å². The number of cyclic esters (lactones) is 1. The van der Waals surface area contributed by atoms with E-state index in [2.05, 4.69) is 10.0 Å². The fourth-order valence-electron chi connectivity index (χ4n) is 8.79. The average Bonchev–Trinajstić information content (AvgIpc) is 3.12. The summed E-state index contributed by atoms with van der Waals surface area (Å²) in [7, 11) is 5.13. The molecule has 0 spiro atoms. The topological polar surface area (TPSA) is 249 Å². The number of carbonyl (C=O) groups excluding carboxylic acids is 3. The van der Waals surface area contributed by atoms with Crippen LogP contribution < -0.4 is 0 Å². The lowest BCUT2D eigenvalue weighted by atomic mass is 9.74. The summed E-state index contributed by atoms with van der Waals surface area (Å²) in [5.41, 5.74) is 3.77. The van der Waals surface area contributed by atoms with Gasteiger partial charge in [-0.15, -0.1) is 0 Å². The molecular weight excluding hydrogens is 748 g/mol. The highest BCUT2D eigenvalue weighted by atomic mass is 16.7. The third-order valence-corrected chi connectivity index (χ3v) is 12.3. The number of nitrogens with zero attached hydrogens (tertiary/aromatic N) is 4. The molecule has 0 saturated carbocycles. The number of aliphatic hydroxyl groups excluding tert-OH is 2. The van der Waals surface area contributed by atoms with Crippen molar-refractivity contribution in [3.63, 3.8) is 0 Å². The van der Waals surface area contributed by atoms with Crippen molar-refractivity contribution in [2.24, 2.45) is 28.8 Å². The maximum atomic E-state index is 14.3. The Morgan fingerprint density at radius 1 is 0.965 bits per heavy atom. The number of rotatable bonds is 10. The summed E-state index contributed by atoms with van der Waals surface area (Å²) in [4.78, 5) is 45.5. The Kier molecular flexibility index (Phi) is 16.9. The third-order valence-electron chi connectivity index (χ3n) is 12.3. The molecule has 18 nitrogen and oxygen atoms in total. The van der Waals surface area contributed by atoms with Gasteiger partial charge in [0.15, 0.2) is 18.7 Å². The molecule has 3 aliphatic heterocycles. The number of azide groups is 1. The molecule has 0 radical (unpaired) electrons. The summed E-state index contributed by atoms with van der Waals surface area (Å²) in [5, 5.41) is 50.4. The van der Waals surface area contributed by atoms with Gasteiger partial charge in [-0.1, -0.05) is 25.9 Å². The van der Waals surface area contributed by atoms with Crippen molar-refractivity contribution in [2.75, 3.05) is 27.7 Å². The predicted octanol–water partition coefficient (Wildman–Crippen LogP) is 2.65. The number of ketones is 1. The summed E-state index contributed by atoms with van der Waals surface area (Å²) in [5.74, 6) is -6.23. The summed E-state index contributed by atoms with van der Waals surface area (Å²) in [6, 6.07) is -0.351. The first-order chi connectivity index (χ1) is 26.3. The zero-order chi connectivity index (χ0) is 43.4. The second kappa shape index (κ2) is 19.7. The zero-order valence-corrected chi connectivity index (χ0v) is 35.9. The van der Waals surface area contributed by atoms with Crippen LogP contribution in [0.25, 0.3) is 10.4 Å². The van der Waals surface area contributed by atoms with Gasteiger partial charge in [0.25, 0.3) is 0 Å². The fourth-order valence-corrected chi connectivity index (χ4v) is 8.79. The van der Waals surface area contributed by atoms with Crippen LogP contribution in [0.15, 0.2) is 5.11 Å². The van der Waals surface area contributed by atoms with Crippen molar-refractivity contribution in [1.29, 1.82) is 0 Å². The Labute approximate surface area is 336 Å². The third kappa shape index (κ3) is 11.4. The molecule has 0 unspecified atom stereocenters. The standard InChI is InChI=1S/C39H68N4O14/c1-19-17-37(8,49)34(57-36-31(54-25(7)44)26(43(11)12)16-20(2)52-36)22(4)30(56-28-18-38(9,51-13)33(47)24(6)53-28)23(5)35(48)55-27(14-15-41-42-40)39(10,50)32(46)21(3)29(19)45/h19-24,26-28,30-34,36,46-47,49-50H,14-18H2,1-13H3/t19-,20-,21+,22+,23-,24+,26+,27-,28+,30+,31-,32-,33+,34-,36+,37-,38-,39-/m1/s1. The van der Waals surface area contributed by atoms with Crippen LogP contribution in [0.4, 0.5) is 0 Å². The molecule has 57 heavy (non-hydrogen) atoms.